The zero-order valence-corrected chi connectivity index (χ0v) is 7.84. The van der Waals surface area contributed by atoms with Gasteiger partial charge in [0.2, 0.25) is 0 Å². The van der Waals surface area contributed by atoms with Crippen LogP contribution in [0, 0.1) is 11.3 Å². The Morgan fingerprint density at radius 3 is 2.92 bits per heavy atom. The average molecular weight is 224 g/mol. The molecule has 1 aromatic rings. The van der Waals surface area contributed by atoms with Crippen molar-refractivity contribution >= 4 is 22.2 Å². The minimum absolute atomic E-state index is 0.279. The quantitative estimate of drug-likeness (QED) is 0.723. The number of halogens is 1. The number of carbonyl (C=O) groups excluding carboxylic acids is 1. The molecule has 0 aliphatic heterocycles. The maximum atomic E-state index is 10.5. The van der Waals surface area contributed by atoms with Crippen molar-refractivity contribution in [3.63, 3.8) is 0 Å². The summed E-state index contributed by atoms with van der Waals surface area (Å²) in [6.07, 6.45) is 1.04. The molecule has 60 valence electrons. The summed E-state index contributed by atoms with van der Waals surface area (Å²) in [6, 6.07) is 7.31. The molecule has 0 aliphatic carbocycles. The van der Waals surface area contributed by atoms with E-state index in [1.807, 2.05) is 12.1 Å². The summed E-state index contributed by atoms with van der Waals surface area (Å²) in [5, 5.41) is 8.43. The Bertz CT molecular complexity index is 341. The van der Waals surface area contributed by atoms with Gasteiger partial charge in [-0.2, -0.15) is 5.26 Å². The van der Waals surface area contributed by atoms with Crippen LogP contribution in [0.1, 0.15) is 15.9 Å². The van der Waals surface area contributed by atoms with Crippen LogP contribution < -0.4 is 0 Å². The predicted molar refractivity (Wildman–Crippen MR) is 48.8 cm³/mol. The van der Waals surface area contributed by atoms with Gasteiger partial charge in [0.15, 0.2) is 0 Å². The van der Waals surface area contributed by atoms with E-state index >= 15 is 0 Å². The Morgan fingerprint density at radius 2 is 2.33 bits per heavy atom. The first-order valence-electron chi connectivity index (χ1n) is 3.38. The van der Waals surface area contributed by atoms with Gasteiger partial charge in [-0.1, -0.05) is 22.0 Å². The van der Waals surface area contributed by atoms with Gasteiger partial charge in [0.05, 0.1) is 12.5 Å². The second kappa shape index (κ2) is 4.03. The maximum absolute atomic E-state index is 10.5. The molecule has 0 heterocycles. The number of benzene rings is 1. The Balaban J connectivity index is 3.12. The minimum atomic E-state index is 0.279. The summed E-state index contributed by atoms with van der Waals surface area (Å²) in [5.74, 6) is 0. The molecule has 0 saturated carbocycles. The van der Waals surface area contributed by atoms with E-state index in [2.05, 4.69) is 15.9 Å². The highest BCUT2D eigenvalue weighted by Gasteiger charge is 2.00. The van der Waals surface area contributed by atoms with Gasteiger partial charge in [-0.15, -0.1) is 0 Å². The zero-order valence-electron chi connectivity index (χ0n) is 6.25. The lowest BCUT2D eigenvalue weighted by Crippen LogP contribution is -1.90. The van der Waals surface area contributed by atoms with Crippen molar-refractivity contribution in [2.45, 2.75) is 6.42 Å². The first-order chi connectivity index (χ1) is 5.77. The molecule has 0 saturated heterocycles. The van der Waals surface area contributed by atoms with Crippen molar-refractivity contribution in [2.24, 2.45) is 0 Å². The molecule has 0 aliphatic rings. The van der Waals surface area contributed by atoms with Crippen LogP contribution in [0.5, 0.6) is 0 Å². The molecule has 0 atom stereocenters. The number of nitrogens with zero attached hydrogens (tertiary/aromatic N) is 1. The summed E-state index contributed by atoms with van der Waals surface area (Å²) in [6.45, 7) is 0. The fourth-order valence-corrected chi connectivity index (χ4v) is 1.30. The van der Waals surface area contributed by atoms with E-state index in [1.165, 1.54) is 0 Å². The number of nitriles is 1. The summed E-state index contributed by atoms with van der Waals surface area (Å²) >= 11 is 3.25. The van der Waals surface area contributed by atoms with Crippen LogP contribution in [-0.2, 0) is 6.42 Å². The van der Waals surface area contributed by atoms with E-state index in [-0.39, 0.29) is 6.42 Å². The van der Waals surface area contributed by atoms with Gasteiger partial charge in [-0.05, 0) is 17.7 Å². The molecule has 2 nitrogen and oxygen atoms in total. The summed E-state index contributed by atoms with van der Waals surface area (Å²) in [5.41, 5.74) is 1.35. The van der Waals surface area contributed by atoms with E-state index in [9.17, 15) is 4.79 Å². The first-order valence-corrected chi connectivity index (χ1v) is 4.18. The van der Waals surface area contributed by atoms with Gasteiger partial charge < -0.3 is 0 Å². The molecule has 12 heavy (non-hydrogen) atoms. The molecule has 0 bridgehead atoms. The summed E-state index contributed by atoms with van der Waals surface area (Å²) in [4.78, 5) is 10.5. The average Bonchev–Trinajstić information content (AvgIpc) is 2.08. The van der Waals surface area contributed by atoms with Crippen LogP contribution in [0.3, 0.4) is 0 Å². The molecule has 0 radical (unpaired) electrons. The predicted octanol–water partition coefficient (Wildman–Crippen LogP) is 2.33. The van der Waals surface area contributed by atoms with E-state index in [0.717, 1.165) is 16.3 Å². The third-order valence-electron chi connectivity index (χ3n) is 1.50. The zero-order chi connectivity index (χ0) is 8.97. The highest BCUT2D eigenvalue weighted by atomic mass is 79.9. The van der Waals surface area contributed by atoms with Crippen LogP contribution in [0.4, 0.5) is 0 Å². The molecule has 1 rings (SSSR count). The third kappa shape index (κ3) is 1.93. The van der Waals surface area contributed by atoms with Crippen LogP contribution in [0.2, 0.25) is 0 Å². The third-order valence-corrected chi connectivity index (χ3v) is 2.00. The number of aldehydes is 1. The van der Waals surface area contributed by atoms with Crippen LogP contribution in [0.25, 0.3) is 0 Å². The number of rotatable bonds is 2. The fourth-order valence-electron chi connectivity index (χ4n) is 0.922. The highest BCUT2D eigenvalue weighted by molar-refractivity contribution is 9.10. The van der Waals surface area contributed by atoms with E-state index in [0.29, 0.717) is 5.56 Å². The molecule has 1 aromatic carbocycles. The molecular weight excluding hydrogens is 218 g/mol. The molecular formula is C9H6BrNO. The van der Waals surface area contributed by atoms with Crippen LogP contribution in [-0.4, -0.2) is 6.29 Å². The van der Waals surface area contributed by atoms with E-state index in [4.69, 9.17) is 5.26 Å². The van der Waals surface area contributed by atoms with Crippen molar-refractivity contribution in [1.29, 1.82) is 5.26 Å². The molecule has 0 spiro atoms. The monoisotopic (exact) mass is 223 g/mol. The highest BCUT2D eigenvalue weighted by Crippen LogP contribution is 2.15. The van der Waals surface area contributed by atoms with Crippen molar-refractivity contribution in [1.82, 2.24) is 0 Å². The van der Waals surface area contributed by atoms with E-state index < -0.39 is 0 Å². The van der Waals surface area contributed by atoms with Gasteiger partial charge in [0.25, 0.3) is 0 Å². The van der Waals surface area contributed by atoms with Crippen molar-refractivity contribution in [2.75, 3.05) is 0 Å². The SMILES string of the molecule is N#CCc1ccc(Br)cc1C=O. The van der Waals surface area contributed by atoms with Gasteiger partial charge in [0, 0.05) is 10.0 Å². The second-order valence-corrected chi connectivity index (χ2v) is 3.21. The lowest BCUT2D eigenvalue weighted by Gasteiger charge is -1.99. The maximum Gasteiger partial charge on any atom is 0.150 e. The van der Waals surface area contributed by atoms with Gasteiger partial charge >= 0.3 is 0 Å². The number of carbonyl (C=O) groups is 1. The molecule has 3 heteroatoms. The van der Waals surface area contributed by atoms with Gasteiger partial charge in [-0.25, -0.2) is 0 Å². The normalized spacial score (nSPS) is 9.00. The Labute approximate surface area is 78.9 Å². The lowest BCUT2D eigenvalue weighted by atomic mass is 10.1. The van der Waals surface area contributed by atoms with Crippen LogP contribution in [0.15, 0.2) is 22.7 Å². The molecule has 0 amide bonds. The Hall–Kier alpha value is -1.14. The smallest absolute Gasteiger partial charge is 0.150 e. The van der Waals surface area contributed by atoms with Gasteiger partial charge in [0.1, 0.15) is 6.29 Å². The Morgan fingerprint density at radius 1 is 1.58 bits per heavy atom. The van der Waals surface area contributed by atoms with Gasteiger partial charge in [-0.3, -0.25) is 4.79 Å². The topological polar surface area (TPSA) is 40.9 Å². The number of hydrogen-bond donors (Lipinski definition) is 0. The van der Waals surface area contributed by atoms with Crippen molar-refractivity contribution in [3.8, 4) is 6.07 Å². The Kier molecular flexibility index (Phi) is 3.01. The molecule has 0 aromatic heterocycles. The molecule has 0 unspecified atom stereocenters. The van der Waals surface area contributed by atoms with Crippen LogP contribution >= 0.6 is 15.9 Å². The van der Waals surface area contributed by atoms with Crippen molar-refractivity contribution in [3.05, 3.63) is 33.8 Å². The first kappa shape index (κ1) is 8.95. The number of hydrogen-bond acceptors (Lipinski definition) is 2. The largest absolute Gasteiger partial charge is 0.298 e. The standard InChI is InChI=1S/C9H6BrNO/c10-9-2-1-7(3-4-11)8(5-9)6-12/h1-2,5-6H,3H2. The second-order valence-electron chi connectivity index (χ2n) is 2.30. The summed E-state index contributed by atoms with van der Waals surface area (Å²) in [7, 11) is 0. The lowest BCUT2D eigenvalue weighted by molar-refractivity contribution is 0.112. The molecule has 0 fully saturated rings. The minimum Gasteiger partial charge on any atom is -0.298 e. The van der Waals surface area contributed by atoms with Crippen molar-refractivity contribution < 1.29 is 4.79 Å². The summed E-state index contributed by atoms with van der Waals surface area (Å²) < 4.78 is 0.853. The fraction of sp³-hybridized carbons (Fsp3) is 0.111. The molecule has 0 N–H and O–H groups in total. The van der Waals surface area contributed by atoms with E-state index in [1.54, 1.807) is 12.1 Å².